The maximum absolute atomic E-state index is 13.5. The number of hydrogen-bond acceptors (Lipinski definition) is 1. The molecule has 1 aromatic rings. The first kappa shape index (κ1) is 11.1. The average Bonchev–Trinajstić information content (AvgIpc) is 2.26. The highest BCUT2D eigenvalue weighted by Crippen LogP contribution is 2.35. The van der Waals surface area contributed by atoms with Crippen LogP contribution in [-0.4, -0.2) is 13.1 Å². The Balaban J connectivity index is 2.36. The Morgan fingerprint density at radius 2 is 2.00 bits per heavy atom. The molecule has 1 N–H and O–H groups in total. The number of nitrogens with one attached hydrogen (secondary N) is 1. The van der Waals surface area contributed by atoms with Crippen molar-refractivity contribution in [3.8, 4) is 0 Å². The molecule has 0 saturated carbocycles. The summed E-state index contributed by atoms with van der Waals surface area (Å²) in [6.45, 7) is 4.13. The molecule has 1 heterocycles. The van der Waals surface area contributed by atoms with Crippen LogP contribution in [0.1, 0.15) is 29.9 Å². The standard InChI is InChI=1S/C12H15BrFN/c1-8-2-3-10(14)12(13)11(8)9-4-6-15-7-5-9/h2-3,9,15H,4-7H2,1H3. The largest absolute Gasteiger partial charge is 0.317 e. The van der Waals surface area contributed by atoms with Crippen molar-refractivity contribution >= 4 is 15.9 Å². The zero-order valence-corrected chi connectivity index (χ0v) is 10.4. The Bertz CT molecular complexity index is 359. The van der Waals surface area contributed by atoms with Crippen molar-refractivity contribution < 1.29 is 4.39 Å². The molecule has 1 nitrogen and oxygen atoms in total. The molecule has 0 radical (unpaired) electrons. The van der Waals surface area contributed by atoms with Crippen molar-refractivity contribution in [2.24, 2.45) is 0 Å². The van der Waals surface area contributed by atoms with Crippen LogP contribution in [-0.2, 0) is 0 Å². The number of piperidine rings is 1. The Morgan fingerprint density at radius 1 is 1.33 bits per heavy atom. The van der Waals surface area contributed by atoms with Crippen LogP contribution in [0.5, 0.6) is 0 Å². The molecule has 2 rings (SSSR count). The first-order valence-corrected chi connectivity index (χ1v) is 6.14. The van der Waals surface area contributed by atoms with Crippen molar-refractivity contribution in [1.29, 1.82) is 0 Å². The molecule has 15 heavy (non-hydrogen) atoms. The number of aryl methyl sites for hydroxylation is 1. The van der Waals surface area contributed by atoms with Crippen molar-refractivity contribution in [3.05, 3.63) is 33.5 Å². The molecule has 0 atom stereocenters. The first-order valence-electron chi connectivity index (χ1n) is 5.35. The lowest BCUT2D eigenvalue weighted by atomic mass is 9.87. The molecule has 1 fully saturated rings. The minimum Gasteiger partial charge on any atom is -0.317 e. The monoisotopic (exact) mass is 271 g/mol. The molecule has 0 spiro atoms. The van der Waals surface area contributed by atoms with Crippen LogP contribution < -0.4 is 5.32 Å². The van der Waals surface area contributed by atoms with Crippen molar-refractivity contribution in [1.82, 2.24) is 5.32 Å². The van der Waals surface area contributed by atoms with Gasteiger partial charge in [-0.3, -0.25) is 0 Å². The molecule has 0 aliphatic carbocycles. The van der Waals surface area contributed by atoms with Crippen LogP contribution in [0, 0.1) is 12.7 Å². The molecule has 1 aromatic carbocycles. The summed E-state index contributed by atoms with van der Waals surface area (Å²) in [7, 11) is 0. The quantitative estimate of drug-likeness (QED) is 0.826. The van der Waals surface area contributed by atoms with Crippen LogP contribution in [0.25, 0.3) is 0 Å². The van der Waals surface area contributed by atoms with Gasteiger partial charge in [-0.15, -0.1) is 0 Å². The molecule has 0 amide bonds. The topological polar surface area (TPSA) is 12.0 Å². The van der Waals surface area contributed by atoms with E-state index in [2.05, 4.69) is 28.2 Å². The highest BCUT2D eigenvalue weighted by atomic mass is 79.9. The van der Waals surface area contributed by atoms with Gasteiger partial charge in [-0.2, -0.15) is 0 Å². The third kappa shape index (κ3) is 2.23. The molecule has 1 aliphatic rings. The van der Waals surface area contributed by atoms with E-state index in [0.29, 0.717) is 10.4 Å². The molecule has 0 unspecified atom stereocenters. The Kier molecular flexibility index (Phi) is 3.42. The second-order valence-electron chi connectivity index (χ2n) is 4.12. The summed E-state index contributed by atoms with van der Waals surface area (Å²) in [5, 5.41) is 3.33. The normalized spacial score (nSPS) is 18.1. The van der Waals surface area contributed by atoms with Gasteiger partial charge in [-0.1, -0.05) is 6.07 Å². The van der Waals surface area contributed by atoms with E-state index in [1.165, 1.54) is 11.6 Å². The lowest BCUT2D eigenvalue weighted by Crippen LogP contribution is -2.27. The summed E-state index contributed by atoms with van der Waals surface area (Å²) in [6.07, 6.45) is 2.20. The fraction of sp³-hybridized carbons (Fsp3) is 0.500. The van der Waals surface area contributed by atoms with Gasteiger partial charge < -0.3 is 5.32 Å². The molecule has 1 aliphatic heterocycles. The minimum atomic E-state index is -0.144. The van der Waals surface area contributed by atoms with E-state index in [0.717, 1.165) is 31.5 Å². The van der Waals surface area contributed by atoms with E-state index in [-0.39, 0.29) is 5.82 Å². The summed E-state index contributed by atoms with van der Waals surface area (Å²) in [5.74, 6) is 0.352. The molecule has 0 bridgehead atoms. The summed E-state index contributed by atoms with van der Waals surface area (Å²) < 4.78 is 14.1. The van der Waals surface area contributed by atoms with Crippen LogP contribution >= 0.6 is 15.9 Å². The van der Waals surface area contributed by atoms with Crippen LogP contribution in [0.3, 0.4) is 0 Å². The molecule has 3 heteroatoms. The third-order valence-electron chi connectivity index (χ3n) is 3.10. The van der Waals surface area contributed by atoms with Gasteiger partial charge in [0.25, 0.3) is 0 Å². The summed E-state index contributed by atoms with van der Waals surface area (Å²) in [4.78, 5) is 0. The van der Waals surface area contributed by atoms with E-state index in [4.69, 9.17) is 0 Å². The van der Waals surface area contributed by atoms with Crippen LogP contribution in [0.4, 0.5) is 4.39 Å². The zero-order valence-electron chi connectivity index (χ0n) is 8.82. The first-order chi connectivity index (χ1) is 7.20. The van der Waals surface area contributed by atoms with Crippen molar-refractivity contribution in [3.63, 3.8) is 0 Å². The Morgan fingerprint density at radius 3 is 2.67 bits per heavy atom. The van der Waals surface area contributed by atoms with E-state index < -0.39 is 0 Å². The Labute approximate surface area is 98.2 Å². The summed E-state index contributed by atoms with van der Waals surface area (Å²) >= 11 is 3.37. The van der Waals surface area contributed by atoms with Gasteiger partial charge in [0.2, 0.25) is 0 Å². The average molecular weight is 272 g/mol. The highest BCUT2D eigenvalue weighted by Gasteiger charge is 2.20. The molecule has 0 aromatic heterocycles. The maximum atomic E-state index is 13.5. The number of rotatable bonds is 1. The molecule has 82 valence electrons. The predicted molar refractivity (Wildman–Crippen MR) is 63.7 cm³/mol. The van der Waals surface area contributed by atoms with Gasteiger partial charge in [0.05, 0.1) is 4.47 Å². The lowest BCUT2D eigenvalue weighted by Gasteiger charge is -2.25. The fourth-order valence-electron chi connectivity index (χ4n) is 2.27. The Hall–Kier alpha value is -0.410. The molecule has 1 saturated heterocycles. The highest BCUT2D eigenvalue weighted by molar-refractivity contribution is 9.10. The van der Waals surface area contributed by atoms with E-state index in [1.807, 2.05) is 6.07 Å². The SMILES string of the molecule is Cc1ccc(F)c(Br)c1C1CCNCC1. The van der Waals surface area contributed by atoms with E-state index >= 15 is 0 Å². The summed E-state index contributed by atoms with van der Waals surface area (Å²) in [6, 6.07) is 3.40. The van der Waals surface area contributed by atoms with Gasteiger partial charge >= 0.3 is 0 Å². The second-order valence-corrected chi connectivity index (χ2v) is 4.91. The van der Waals surface area contributed by atoms with Gasteiger partial charge in [0.15, 0.2) is 0 Å². The van der Waals surface area contributed by atoms with Gasteiger partial charge in [0.1, 0.15) is 5.82 Å². The molecular weight excluding hydrogens is 257 g/mol. The van der Waals surface area contributed by atoms with E-state index in [1.54, 1.807) is 0 Å². The van der Waals surface area contributed by atoms with Crippen LogP contribution in [0.2, 0.25) is 0 Å². The number of benzene rings is 1. The summed E-state index contributed by atoms with van der Waals surface area (Å²) in [5.41, 5.74) is 2.35. The van der Waals surface area contributed by atoms with Crippen molar-refractivity contribution in [2.45, 2.75) is 25.7 Å². The number of halogens is 2. The smallest absolute Gasteiger partial charge is 0.137 e. The zero-order chi connectivity index (χ0) is 10.8. The van der Waals surface area contributed by atoms with E-state index in [9.17, 15) is 4.39 Å². The third-order valence-corrected chi connectivity index (χ3v) is 3.90. The minimum absolute atomic E-state index is 0.144. The van der Waals surface area contributed by atoms with Gasteiger partial charge in [0, 0.05) is 0 Å². The molecular formula is C12H15BrFN. The lowest BCUT2D eigenvalue weighted by molar-refractivity contribution is 0.455. The van der Waals surface area contributed by atoms with Gasteiger partial charge in [-0.25, -0.2) is 4.39 Å². The predicted octanol–water partition coefficient (Wildman–Crippen LogP) is 3.36. The maximum Gasteiger partial charge on any atom is 0.137 e. The fourth-order valence-corrected chi connectivity index (χ4v) is 3.04. The van der Waals surface area contributed by atoms with Crippen molar-refractivity contribution in [2.75, 3.05) is 13.1 Å². The van der Waals surface area contributed by atoms with Crippen LogP contribution in [0.15, 0.2) is 16.6 Å². The number of hydrogen-bond donors (Lipinski definition) is 1. The second kappa shape index (κ2) is 4.62. The van der Waals surface area contributed by atoms with Gasteiger partial charge in [-0.05, 0) is 71.9 Å².